The zero-order chi connectivity index (χ0) is 17.4. The van der Waals surface area contributed by atoms with Crippen LogP contribution in [0.3, 0.4) is 0 Å². The quantitative estimate of drug-likeness (QED) is 0.692. The van der Waals surface area contributed by atoms with Crippen LogP contribution in [-0.2, 0) is 14.3 Å². The number of nitrogens with zero attached hydrogens (tertiary/aromatic N) is 1. The van der Waals surface area contributed by atoms with Crippen molar-refractivity contribution in [3.05, 3.63) is 35.9 Å². The molecule has 0 radical (unpaired) electrons. The maximum Gasteiger partial charge on any atom is 0.245 e. The highest BCUT2D eigenvalue weighted by atomic mass is 16.5. The summed E-state index contributed by atoms with van der Waals surface area (Å²) in [4.78, 5) is 23.9. The molecule has 1 heterocycles. The third-order valence-corrected chi connectivity index (χ3v) is 3.59. The topological polar surface area (TPSA) is 79.9 Å². The summed E-state index contributed by atoms with van der Waals surface area (Å²) in [6.07, 6.45) is 2.81. The summed E-state index contributed by atoms with van der Waals surface area (Å²) in [7, 11) is 3.23. The highest BCUT2D eigenvalue weighted by molar-refractivity contribution is 5.88. The Bertz CT molecular complexity index is 598. The van der Waals surface area contributed by atoms with Crippen LogP contribution in [0.2, 0.25) is 0 Å². The first kappa shape index (κ1) is 17.8. The maximum atomic E-state index is 12.0. The summed E-state index contributed by atoms with van der Waals surface area (Å²) in [5, 5.41) is 4.10. The highest BCUT2D eigenvalue weighted by Crippen LogP contribution is 2.20. The minimum atomic E-state index is -0.206. The number of amides is 2. The summed E-state index contributed by atoms with van der Waals surface area (Å²) in [6, 6.07) is 7.50. The van der Waals surface area contributed by atoms with Crippen molar-refractivity contribution in [2.45, 2.75) is 12.8 Å². The minimum Gasteiger partial charge on any atom is -0.497 e. The van der Waals surface area contributed by atoms with Gasteiger partial charge < -0.3 is 14.8 Å². The fraction of sp³-hybridized carbons (Fsp3) is 0.412. The van der Waals surface area contributed by atoms with Gasteiger partial charge in [-0.2, -0.15) is 0 Å². The number of benzene rings is 1. The molecule has 0 spiro atoms. The molecule has 0 unspecified atom stereocenters. The second-order valence-electron chi connectivity index (χ2n) is 5.34. The van der Waals surface area contributed by atoms with Crippen molar-refractivity contribution in [3.63, 3.8) is 0 Å². The Balaban J connectivity index is 1.91. The van der Waals surface area contributed by atoms with Crippen LogP contribution in [0.15, 0.2) is 30.3 Å². The molecule has 2 amide bonds. The van der Waals surface area contributed by atoms with Gasteiger partial charge in [0.05, 0.1) is 12.8 Å². The summed E-state index contributed by atoms with van der Waals surface area (Å²) in [5.41, 5.74) is 4.73. The zero-order valence-electron chi connectivity index (χ0n) is 14.0. The first-order chi connectivity index (χ1) is 11.6. The first-order valence-corrected chi connectivity index (χ1v) is 7.81. The Morgan fingerprint density at radius 3 is 2.71 bits per heavy atom. The number of nitrogens with one attached hydrogen (secondary N) is 2. The first-order valence-electron chi connectivity index (χ1n) is 7.81. The van der Waals surface area contributed by atoms with E-state index in [2.05, 4.69) is 10.7 Å². The van der Waals surface area contributed by atoms with Gasteiger partial charge in [-0.1, -0.05) is 0 Å². The van der Waals surface area contributed by atoms with Gasteiger partial charge in [0.2, 0.25) is 11.8 Å². The molecule has 2 rings (SSSR count). The molecule has 1 aliphatic rings. The van der Waals surface area contributed by atoms with Crippen LogP contribution in [0.1, 0.15) is 18.4 Å². The predicted octanol–water partition coefficient (Wildman–Crippen LogP) is 0.926. The van der Waals surface area contributed by atoms with E-state index in [1.807, 2.05) is 30.3 Å². The van der Waals surface area contributed by atoms with Gasteiger partial charge in [-0.05, 0) is 42.3 Å². The molecular weight excluding hydrogens is 310 g/mol. The fourth-order valence-electron chi connectivity index (χ4n) is 2.28. The van der Waals surface area contributed by atoms with Crippen LogP contribution in [0.5, 0.6) is 5.75 Å². The molecule has 2 N–H and O–H groups in total. The fourth-order valence-corrected chi connectivity index (χ4v) is 2.28. The molecule has 24 heavy (non-hydrogen) atoms. The predicted molar refractivity (Wildman–Crippen MR) is 89.9 cm³/mol. The summed E-state index contributed by atoms with van der Waals surface area (Å²) < 4.78 is 10.1. The molecule has 0 bridgehead atoms. The van der Waals surface area contributed by atoms with Crippen LogP contribution in [0.25, 0.3) is 5.70 Å². The van der Waals surface area contributed by atoms with Crippen molar-refractivity contribution >= 4 is 17.5 Å². The summed E-state index contributed by atoms with van der Waals surface area (Å²) >= 11 is 0. The molecule has 0 aliphatic carbocycles. The van der Waals surface area contributed by atoms with Crippen molar-refractivity contribution in [2.75, 3.05) is 33.9 Å². The molecule has 0 saturated heterocycles. The van der Waals surface area contributed by atoms with Gasteiger partial charge in [0.1, 0.15) is 12.3 Å². The molecule has 0 aromatic heterocycles. The van der Waals surface area contributed by atoms with Crippen molar-refractivity contribution in [1.82, 2.24) is 15.8 Å². The van der Waals surface area contributed by atoms with E-state index in [1.54, 1.807) is 14.2 Å². The third kappa shape index (κ3) is 4.99. The van der Waals surface area contributed by atoms with E-state index in [1.165, 1.54) is 5.01 Å². The lowest BCUT2D eigenvalue weighted by Crippen LogP contribution is -2.49. The largest absolute Gasteiger partial charge is 0.497 e. The number of carbonyl (C=O) groups is 2. The molecule has 7 heteroatoms. The minimum absolute atomic E-state index is 0.0285. The van der Waals surface area contributed by atoms with Crippen molar-refractivity contribution in [1.29, 1.82) is 0 Å². The van der Waals surface area contributed by atoms with E-state index in [4.69, 9.17) is 9.47 Å². The maximum absolute atomic E-state index is 12.0. The molecule has 0 atom stereocenters. The third-order valence-electron chi connectivity index (χ3n) is 3.59. The van der Waals surface area contributed by atoms with Gasteiger partial charge >= 0.3 is 0 Å². The van der Waals surface area contributed by atoms with Crippen LogP contribution in [0, 0.1) is 0 Å². The van der Waals surface area contributed by atoms with Crippen molar-refractivity contribution < 1.29 is 19.1 Å². The van der Waals surface area contributed by atoms with E-state index in [0.29, 0.717) is 13.2 Å². The monoisotopic (exact) mass is 333 g/mol. The van der Waals surface area contributed by atoms with E-state index in [9.17, 15) is 9.59 Å². The number of ether oxygens (including phenoxy) is 2. The summed E-state index contributed by atoms with van der Waals surface area (Å²) in [5.74, 6) is 0.417. The Kier molecular flexibility index (Phi) is 6.62. The Morgan fingerprint density at radius 1 is 1.29 bits per heavy atom. The van der Waals surface area contributed by atoms with Crippen molar-refractivity contribution in [2.24, 2.45) is 0 Å². The van der Waals surface area contributed by atoms with Gasteiger partial charge in [-0.15, -0.1) is 0 Å². The lowest BCUT2D eigenvalue weighted by molar-refractivity contribution is -0.137. The lowest BCUT2D eigenvalue weighted by atomic mass is 10.1. The Hall–Kier alpha value is -2.54. The highest BCUT2D eigenvalue weighted by Gasteiger charge is 2.21. The van der Waals surface area contributed by atoms with Crippen molar-refractivity contribution in [3.8, 4) is 5.75 Å². The number of rotatable bonds is 8. The molecule has 1 aromatic rings. The molecular formula is C17H23N3O4. The van der Waals surface area contributed by atoms with Crippen LogP contribution < -0.4 is 15.5 Å². The number of hydrazine groups is 1. The van der Waals surface area contributed by atoms with Gasteiger partial charge in [-0.3, -0.25) is 15.0 Å². The number of methoxy groups -OCH3 is 2. The molecule has 0 fully saturated rings. The Morgan fingerprint density at radius 2 is 2.04 bits per heavy atom. The van der Waals surface area contributed by atoms with Crippen LogP contribution in [-0.4, -0.2) is 50.7 Å². The zero-order valence-corrected chi connectivity index (χ0v) is 14.0. The molecule has 130 valence electrons. The van der Waals surface area contributed by atoms with Crippen LogP contribution >= 0.6 is 0 Å². The van der Waals surface area contributed by atoms with Crippen LogP contribution in [0.4, 0.5) is 0 Å². The number of hydrogen-bond acceptors (Lipinski definition) is 5. The van der Waals surface area contributed by atoms with E-state index < -0.39 is 0 Å². The van der Waals surface area contributed by atoms with E-state index >= 15 is 0 Å². The number of hydrogen-bond donors (Lipinski definition) is 2. The lowest BCUT2D eigenvalue weighted by Gasteiger charge is -2.28. The van der Waals surface area contributed by atoms with Gasteiger partial charge in [-0.25, -0.2) is 5.01 Å². The van der Waals surface area contributed by atoms with Gasteiger partial charge in [0, 0.05) is 26.7 Å². The second-order valence-corrected chi connectivity index (χ2v) is 5.34. The Labute approximate surface area is 141 Å². The van der Waals surface area contributed by atoms with E-state index in [0.717, 1.165) is 23.4 Å². The number of carbonyl (C=O) groups excluding carboxylic acids is 2. The normalized spacial score (nSPS) is 14.0. The standard InChI is InChI=1S/C17H23N3O4/c1-23-11-3-10-18-16(21)12-20-17(22)9-8-15(19-20)13-4-6-14(24-2)7-5-13/h4-8,19H,3,9-12H2,1-2H3,(H,18,21). The molecule has 1 aliphatic heterocycles. The second kappa shape index (κ2) is 8.93. The average Bonchev–Trinajstić information content (AvgIpc) is 2.61. The molecule has 0 saturated carbocycles. The molecule has 7 nitrogen and oxygen atoms in total. The molecule has 1 aromatic carbocycles. The van der Waals surface area contributed by atoms with E-state index in [-0.39, 0.29) is 24.8 Å². The SMILES string of the molecule is COCCCNC(=O)CN1NC(c2ccc(OC)cc2)=CCC1=O. The summed E-state index contributed by atoms with van der Waals surface area (Å²) in [6.45, 7) is 1.08. The van der Waals surface area contributed by atoms with Gasteiger partial charge in [0.15, 0.2) is 0 Å². The van der Waals surface area contributed by atoms with Gasteiger partial charge in [0.25, 0.3) is 0 Å². The smallest absolute Gasteiger partial charge is 0.245 e. The average molecular weight is 333 g/mol.